The van der Waals surface area contributed by atoms with E-state index in [1.165, 1.54) is 0 Å². The molecule has 0 bridgehead atoms. The van der Waals surface area contributed by atoms with E-state index >= 15 is 0 Å². The van der Waals surface area contributed by atoms with Gasteiger partial charge >= 0.3 is 0 Å². The molecule has 0 fully saturated rings. The van der Waals surface area contributed by atoms with Crippen molar-refractivity contribution in [3.63, 3.8) is 0 Å². The van der Waals surface area contributed by atoms with Crippen molar-refractivity contribution in [1.29, 1.82) is 0 Å². The van der Waals surface area contributed by atoms with Crippen molar-refractivity contribution in [2.45, 2.75) is 26.1 Å². The van der Waals surface area contributed by atoms with Gasteiger partial charge in [0.25, 0.3) is 0 Å². The highest BCUT2D eigenvalue weighted by atomic mass is 28.3. The second-order valence-corrected chi connectivity index (χ2v) is 8.55. The first-order chi connectivity index (χ1) is 6.56. The van der Waals surface area contributed by atoms with Crippen LogP contribution >= 0.6 is 0 Å². The topological polar surface area (TPSA) is 20.2 Å². The molecule has 0 aliphatic rings. The zero-order valence-electron chi connectivity index (χ0n) is 9.02. The Labute approximate surface area is 87.5 Å². The van der Waals surface area contributed by atoms with E-state index in [0.717, 1.165) is 0 Å². The Hall–Kier alpha value is -1.18. The molecule has 0 aromatic rings. The number of aliphatic hydroxyl groups excluding tert-OH is 1. The molecule has 0 saturated heterocycles. The molecule has 14 heavy (non-hydrogen) atoms. The van der Waals surface area contributed by atoms with Crippen LogP contribution < -0.4 is 0 Å². The maximum atomic E-state index is 8.46. The van der Waals surface area contributed by atoms with Gasteiger partial charge in [-0.3, -0.25) is 0 Å². The van der Waals surface area contributed by atoms with Crippen LogP contribution in [0.25, 0.3) is 0 Å². The Kier molecular flexibility index (Phi) is 6.63. The van der Waals surface area contributed by atoms with Crippen molar-refractivity contribution < 1.29 is 5.11 Å². The molecule has 0 aliphatic heterocycles. The van der Waals surface area contributed by atoms with Crippen molar-refractivity contribution >= 4 is 8.07 Å². The Bertz CT molecular complexity index is 332. The van der Waals surface area contributed by atoms with E-state index < -0.39 is 8.07 Å². The van der Waals surface area contributed by atoms with E-state index in [2.05, 4.69) is 48.7 Å². The second-order valence-electron chi connectivity index (χ2n) is 3.80. The zero-order chi connectivity index (χ0) is 10.9. The lowest BCUT2D eigenvalue weighted by Crippen LogP contribution is -2.16. The van der Waals surface area contributed by atoms with Crippen LogP contribution in [0.15, 0.2) is 17.9 Å². The predicted molar refractivity (Wildman–Crippen MR) is 63.3 cm³/mol. The summed E-state index contributed by atoms with van der Waals surface area (Å²) >= 11 is 0. The third kappa shape index (κ3) is 10.8. The molecule has 74 valence electrons. The van der Waals surface area contributed by atoms with Gasteiger partial charge in [-0.1, -0.05) is 25.6 Å². The summed E-state index contributed by atoms with van der Waals surface area (Å²) in [5, 5.41) is 8.46. The molecule has 0 rings (SSSR count). The van der Waals surface area contributed by atoms with Gasteiger partial charge in [0.2, 0.25) is 0 Å². The minimum absolute atomic E-state index is 0.156. The van der Waals surface area contributed by atoms with E-state index in [1.54, 1.807) is 12.2 Å². The zero-order valence-corrected chi connectivity index (χ0v) is 10.0. The lowest BCUT2D eigenvalue weighted by molar-refractivity contribution is 0.302. The third-order valence-corrected chi connectivity index (χ3v) is 1.99. The fourth-order valence-corrected chi connectivity index (χ4v) is 0.977. The average molecular weight is 204 g/mol. The minimum atomic E-state index is -1.28. The largest absolute Gasteiger partial charge is 0.396 e. The van der Waals surface area contributed by atoms with Crippen molar-refractivity contribution in [1.82, 2.24) is 0 Å². The molecule has 0 aromatic carbocycles. The number of rotatable bonds is 2. The van der Waals surface area contributed by atoms with Gasteiger partial charge in [0.1, 0.15) is 8.07 Å². The van der Waals surface area contributed by atoms with Gasteiger partial charge in [-0.2, -0.15) is 0 Å². The summed E-state index contributed by atoms with van der Waals surface area (Å²) in [4.78, 5) is 0. The second kappa shape index (κ2) is 7.24. The molecule has 0 saturated carbocycles. The average Bonchev–Trinajstić information content (AvgIpc) is 2.08. The quantitative estimate of drug-likeness (QED) is 0.414. The van der Waals surface area contributed by atoms with Crippen LogP contribution in [0.5, 0.6) is 0 Å². The van der Waals surface area contributed by atoms with Gasteiger partial charge < -0.3 is 5.11 Å². The smallest absolute Gasteiger partial charge is 0.130 e. The first-order valence-corrected chi connectivity index (χ1v) is 8.09. The van der Waals surface area contributed by atoms with Crippen LogP contribution in [-0.2, 0) is 0 Å². The molecule has 1 N–H and O–H groups in total. The molecule has 0 unspecified atom stereocenters. The molecule has 0 spiro atoms. The monoisotopic (exact) mass is 204 g/mol. The van der Waals surface area contributed by atoms with Crippen molar-refractivity contribution in [3.05, 3.63) is 17.9 Å². The van der Waals surface area contributed by atoms with E-state index in [4.69, 9.17) is 5.11 Å². The van der Waals surface area contributed by atoms with Crippen LogP contribution in [0, 0.1) is 23.3 Å². The van der Waals surface area contributed by atoms with Crippen LogP contribution in [0.4, 0.5) is 0 Å². The maximum absolute atomic E-state index is 8.46. The first-order valence-electron chi connectivity index (χ1n) is 4.59. The molecule has 0 radical (unpaired) electrons. The molecule has 0 atom stereocenters. The fraction of sp³-hybridized carbons (Fsp3) is 0.417. The van der Waals surface area contributed by atoms with Gasteiger partial charge in [-0.15, -0.1) is 11.3 Å². The lowest BCUT2D eigenvalue weighted by atomic mass is 10.4. The number of hydrogen-bond donors (Lipinski definition) is 1. The predicted octanol–water partition coefficient (Wildman–Crippen LogP) is 1.96. The standard InChI is InChI=1S/C12H16OSi/c1-14(2,3)12-10-8-6-4-5-7-9-11-13/h4,7,13H,9,11H2,1-3H3. The third-order valence-electron chi connectivity index (χ3n) is 1.12. The molecule has 0 aliphatic carbocycles. The highest BCUT2D eigenvalue weighted by molar-refractivity contribution is 6.83. The summed E-state index contributed by atoms with van der Waals surface area (Å²) in [7, 11) is -1.28. The number of hydrogen-bond acceptors (Lipinski definition) is 1. The number of aliphatic hydroxyl groups is 1. The Balaban J connectivity index is 4.06. The van der Waals surface area contributed by atoms with Crippen molar-refractivity contribution in [3.8, 4) is 23.3 Å². The minimum Gasteiger partial charge on any atom is -0.396 e. The summed E-state index contributed by atoms with van der Waals surface area (Å²) in [5.41, 5.74) is 5.99. The summed E-state index contributed by atoms with van der Waals surface area (Å²) < 4.78 is 0. The van der Waals surface area contributed by atoms with E-state index in [1.807, 2.05) is 0 Å². The maximum Gasteiger partial charge on any atom is 0.130 e. The molecule has 2 heteroatoms. The summed E-state index contributed by atoms with van der Waals surface area (Å²) in [5.74, 6) is 8.34. The SMILES string of the molecule is C[Si](C)(C)C#CC#CC=C=CCCO. The Morgan fingerprint density at radius 1 is 1.21 bits per heavy atom. The Morgan fingerprint density at radius 2 is 1.93 bits per heavy atom. The molecule has 0 aromatic heterocycles. The Morgan fingerprint density at radius 3 is 2.50 bits per heavy atom. The molecule has 0 heterocycles. The highest BCUT2D eigenvalue weighted by Crippen LogP contribution is 1.95. The lowest BCUT2D eigenvalue weighted by Gasteiger charge is -2.01. The molecule has 1 nitrogen and oxygen atoms in total. The highest BCUT2D eigenvalue weighted by Gasteiger charge is 2.06. The van der Waals surface area contributed by atoms with Gasteiger partial charge in [0.05, 0.1) is 0 Å². The van der Waals surface area contributed by atoms with Crippen molar-refractivity contribution in [2.24, 2.45) is 0 Å². The van der Waals surface area contributed by atoms with Gasteiger partial charge in [0, 0.05) is 12.7 Å². The normalized spacial score (nSPS) is 8.57. The summed E-state index contributed by atoms with van der Waals surface area (Å²) in [6.45, 7) is 6.69. The van der Waals surface area contributed by atoms with Crippen LogP contribution in [0.2, 0.25) is 19.6 Å². The molecular formula is C12H16OSi. The first kappa shape index (κ1) is 12.8. The van der Waals surface area contributed by atoms with E-state index in [0.29, 0.717) is 6.42 Å². The van der Waals surface area contributed by atoms with Crippen LogP contribution in [-0.4, -0.2) is 19.8 Å². The van der Waals surface area contributed by atoms with E-state index in [-0.39, 0.29) is 6.61 Å². The summed E-state index contributed by atoms with van der Waals surface area (Å²) in [6, 6.07) is 0. The van der Waals surface area contributed by atoms with Crippen LogP contribution in [0.3, 0.4) is 0 Å². The van der Waals surface area contributed by atoms with Crippen molar-refractivity contribution in [2.75, 3.05) is 6.61 Å². The fourth-order valence-electron chi connectivity index (χ4n) is 0.539. The van der Waals surface area contributed by atoms with E-state index in [9.17, 15) is 0 Å². The molecule has 0 amide bonds. The van der Waals surface area contributed by atoms with Gasteiger partial charge in [-0.25, -0.2) is 0 Å². The summed E-state index contributed by atoms with van der Waals surface area (Å²) in [6.07, 6.45) is 3.99. The van der Waals surface area contributed by atoms with Gasteiger partial charge in [-0.05, 0) is 24.3 Å². The van der Waals surface area contributed by atoms with Gasteiger partial charge in [0.15, 0.2) is 0 Å². The van der Waals surface area contributed by atoms with Crippen LogP contribution in [0.1, 0.15) is 6.42 Å². The molecular weight excluding hydrogens is 188 g/mol.